The van der Waals surface area contributed by atoms with Crippen LogP contribution in [0.3, 0.4) is 0 Å². The number of hydrazine groups is 1. The molecule has 1 N–H and O–H groups in total. The van der Waals surface area contributed by atoms with Crippen LogP contribution >= 0.6 is 0 Å². The van der Waals surface area contributed by atoms with Crippen molar-refractivity contribution in [1.82, 2.24) is 15.3 Å². The van der Waals surface area contributed by atoms with Gasteiger partial charge in [-0.25, -0.2) is 5.01 Å². The van der Waals surface area contributed by atoms with Gasteiger partial charge in [0.2, 0.25) is 0 Å². The summed E-state index contributed by atoms with van der Waals surface area (Å²) in [5, 5.41) is 2.39. The fraction of sp³-hybridized carbons (Fsp3) is 1.00. The van der Waals surface area contributed by atoms with Crippen LogP contribution in [0.2, 0.25) is 0 Å². The Morgan fingerprint density at radius 3 is 1.94 bits per heavy atom. The van der Waals surface area contributed by atoms with Crippen LogP contribution in [0.25, 0.3) is 0 Å². The van der Waals surface area contributed by atoms with E-state index in [1.807, 2.05) is 0 Å². The van der Waals surface area contributed by atoms with Crippen molar-refractivity contribution in [3.8, 4) is 0 Å². The fourth-order valence-corrected chi connectivity index (χ4v) is 2.46. The summed E-state index contributed by atoms with van der Waals surface area (Å²) in [6.45, 7) is 8.19. The monoisotopic (exact) mass is 255 g/mol. The quantitative estimate of drug-likeness (QED) is 0.606. The maximum absolute atomic E-state index is 3.56. The third-order valence-electron chi connectivity index (χ3n) is 3.87. The zero-order valence-electron chi connectivity index (χ0n) is 12.6. The van der Waals surface area contributed by atoms with E-state index in [9.17, 15) is 0 Å². The summed E-state index contributed by atoms with van der Waals surface area (Å²) in [6, 6.07) is 0. The first kappa shape index (κ1) is 15.9. The van der Waals surface area contributed by atoms with Gasteiger partial charge in [0.1, 0.15) is 0 Å². The highest BCUT2D eigenvalue weighted by molar-refractivity contribution is 4.65. The normalized spacial score (nSPS) is 18.3. The minimum atomic E-state index is 1.17. The molecule has 1 rings (SSSR count). The van der Waals surface area contributed by atoms with Crippen molar-refractivity contribution in [2.75, 3.05) is 39.8 Å². The molecule has 1 aliphatic rings. The summed E-state index contributed by atoms with van der Waals surface area (Å²) in [7, 11) is 2.20. The van der Waals surface area contributed by atoms with Gasteiger partial charge in [-0.1, -0.05) is 51.9 Å². The van der Waals surface area contributed by atoms with Crippen molar-refractivity contribution in [2.45, 2.75) is 58.3 Å². The molecule has 0 atom stereocenters. The van der Waals surface area contributed by atoms with E-state index in [-0.39, 0.29) is 0 Å². The molecule has 0 aromatic heterocycles. The van der Waals surface area contributed by atoms with Gasteiger partial charge in [0.15, 0.2) is 0 Å². The van der Waals surface area contributed by atoms with Gasteiger partial charge in [-0.15, -0.1) is 0 Å². The van der Waals surface area contributed by atoms with E-state index < -0.39 is 0 Å². The predicted octanol–water partition coefficient (Wildman–Crippen LogP) is 2.88. The Balaban J connectivity index is 1.78. The van der Waals surface area contributed by atoms with Crippen molar-refractivity contribution in [3.63, 3.8) is 0 Å². The van der Waals surface area contributed by atoms with Crippen LogP contribution in [0, 0.1) is 0 Å². The molecule has 18 heavy (non-hydrogen) atoms. The fourth-order valence-electron chi connectivity index (χ4n) is 2.46. The number of rotatable bonds is 10. The average Bonchev–Trinajstić information content (AvgIpc) is 2.39. The van der Waals surface area contributed by atoms with Gasteiger partial charge in [-0.05, 0) is 13.5 Å². The highest BCUT2D eigenvalue weighted by Crippen LogP contribution is 2.08. The molecule has 3 nitrogen and oxygen atoms in total. The highest BCUT2D eigenvalue weighted by atomic mass is 15.5. The summed E-state index contributed by atoms with van der Waals surface area (Å²) >= 11 is 0. The molecule has 0 saturated carbocycles. The molecule has 0 radical (unpaired) electrons. The first-order valence-corrected chi connectivity index (χ1v) is 8.00. The van der Waals surface area contributed by atoms with Gasteiger partial charge >= 0.3 is 0 Å². The van der Waals surface area contributed by atoms with E-state index >= 15 is 0 Å². The number of piperazine rings is 1. The van der Waals surface area contributed by atoms with Gasteiger partial charge in [-0.2, -0.15) is 0 Å². The predicted molar refractivity (Wildman–Crippen MR) is 79.7 cm³/mol. The average molecular weight is 255 g/mol. The van der Waals surface area contributed by atoms with Crippen molar-refractivity contribution >= 4 is 0 Å². The summed E-state index contributed by atoms with van der Waals surface area (Å²) in [4.78, 5) is 2.40. The molecule has 0 bridgehead atoms. The largest absolute Gasteiger partial charge is 0.304 e. The Labute approximate surface area is 114 Å². The first-order valence-electron chi connectivity index (χ1n) is 8.00. The highest BCUT2D eigenvalue weighted by Gasteiger charge is 2.12. The molecule has 108 valence electrons. The summed E-state index contributed by atoms with van der Waals surface area (Å²) < 4.78 is 0. The Morgan fingerprint density at radius 1 is 0.778 bits per heavy atom. The minimum absolute atomic E-state index is 1.17. The van der Waals surface area contributed by atoms with Gasteiger partial charge in [0, 0.05) is 32.7 Å². The van der Waals surface area contributed by atoms with Crippen LogP contribution < -0.4 is 5.43 Å². The third-order valence-corrected chi connectivity index (χ3v) is 3.87. The Morgan fingerprint density at radius 2 is 1.33 bits per heavy atom. The molecular weight excluding hydrogens is 222 g/mol. The Hall–Kier alpha value is -0.120. The summed E-state index contributed by atoms with van der Waals surface area (Å²) in [5.41, 5.74) is 3.56. The molecule has 0 unspecified atom stereocenters. The van der Waals surface area contributed by atoms with E-state index in [1.165, 1.54) is 84.1 Å². The second-order valence-corrected chi connectivity index (χ2v) is 5.67. The van der Waals surface area contributed by atoms with Gasteiger partial charge in [0.25, 0.3) is 0 Å². The molecule has 0 aliphatic carbocycles. The van der Waals surface area contributed by atoms with Crippen molar-refractivity contribution in [3.05, 3.63) is 0 Å². The van der Waals surface area contributed by atoms with E-state index in [0.717, 1.165) is 0 Å². The maximum atomic E-state index is 3.56. The van der Waals surface area contributed by atoms with E-state index in [2.05, 4.69) is 29.3 Å². The van der Waals surface area contributed by atoms with Crippen LogP contribution in [0.4, 0.5) is 0 Å². The Bertz CT molecular complexity index is 177. The molecule has 1 saturated heterocycles. The van der Waals surface area contributed by atoms with Crippen molar-refractivity contribution < 1.29 is 0 Å². The Kier molecular flexibility index (Phi) is 9.54. The van der Waals surface area contributed by atoms with E-state index in [4.69, 9.17) is 0 Å². The number of likely N-dealkylation sites (N-methyl/N-ethyl adjacent to an activating group) is 1. The molecule has 0 amide bonds. The number of nitrogens with zero attached hydrogens (tertiary/aromatic N) is 2. The number of hydrogen-bond donors (Lipinski definition) is 1. The third kappa shape index (κ3) is 8.06. The second kappa shape index (κ2) is 10.8. The lowest BCUT2D eigenvalue weighted by molar-refractivity contribution is 0.104. The first-order chi connectivity index (χ1) is 8.83. The van der Waals surface area contributed by atoms with Crippen LogP contribution in [0.15, 0.2) is 0 Å². The molecule has 0 aromatic rings. The van der Waals surface area contributed by atoms with Crippen LogP contribution in [-0.4, -0.2) is 49.7 Å². The molecule has 1 heterocycles. The van der Waals surface area contributed by atoms with Crippen molar-refractivity contribution in [1.29, 1.82) is 0 Å². The van der Waals surface area contributed by atoms with E-state index in [0.29, 0.717) is 0 Å². The second-order valence-electron chi connectivity index (χ2n) is 5.67. The molecule has 1 aliphatic heterocycles. The lowest BCUT2D eigenvalue weighted by Gasteiger charge is -2.32. The molecular formula is C15H33N3. The van der Waals surface area contributed by atoms with Crippen LogP contribution in [0.5, 0.6) is 0 Å². The number of hydrogen-bond acceptors (Lipinski definition) is 3. The summed E-state index contributed by atoms with van der Waals surface area (Å²) in [5.74, 6) is 0. The number of nitrogens with one attached hydrogen (secondary N) is 1. The smallest absolute Gasteiger partial charge is 0.0259 e. The zero-order valence-corrected chi connectivity index (χ0v) is 12.6. The zero-order chi connectivity index (χ0) is 13.1. The van der Waals surface area contributed by atoms with Gasteiger partial charge in [0.05, 0.1) is 0 Å². The van der Waals surface area contributed by atoms with Crippen LogP contribution in [0.1, 0.15) is 58.3 Å². The topological polar surface area (TPSA) is 18.5 Å². The maximum Gasteiger partial charge on any atom is 0.0259 e. The molecule has 0 aromatic carbocycles. The minimum Gasteiger partial charge on any atom is -0.304 e. The number of unbranched alkanes of at least 4 members (excludes halogenated alkanes) is 7. The van der Waals surface area contributed by atoms with Crippen LogP contribution in [-0.2, 0) is 0 Å². The molecule has 1 fully saturated rings. The lowest BCUT2D eigenvalue weighted by atomic mass is 10.1. The molecule has 3 heteroatoms. The summed E-state index contributed by atoms with van der Waals surface area (Å²) in [6.07, 6.45) is 11.3. The van der Waals surface area contributed by atoms with Crippen molar-refractivity contribution in [2.24, 2.45) is 0 Å². The lowest BCUT2D eigenvalue weighted by Crippen LogP contribution is -2.50. The molecule has 0 spiro atoms. The van der Waals surface area contributed by atoms with E-state index in [1.54, 1.807) is 0 Å². The van der Waals surface area contributed by atoms with Gasteiger partial charge in [-0.3, -0.25) is 5.43 Å². The SMILES string of the molecule is CCCCCCCCCCNN1CCN(C)CC1. The standard InChI is InChI=1S/C15H33N3/c1-3-4-5-6-7-8-9-10-11-16-18-14-12-17(2)13-15-18/h16H,3-15H2,1-2H3. The van der Waals surface area contributed by atoms with Gasteiger partial charge < -0.3 is 4.90 Å².